The Kier molecular flexibility index (Phi) is 3.14. The number of nitrogens with zero attached hydrogens (tertiary/aromatic N) is 2. The Hall–Kier alpha value is -1.19. The second-order valence-corrected chi connectivity index (χ2v) is 3.76. The van der Waals surface area contributed by atoms with Gasteiger partial charge in [-0.3, -0.25) is 0 Å². The van der Waals surface area contributed by atoms with Crippen LogP contribution in [0.1, 0.15) is 12.5 Å². The van der Waals surface area contributed by atoms with Crippen molar-refractivity contribution in [1.29, 1.82) is 0 Å². The highest BCUT2D eigenvalue weighted by Gasteiger charge is 2.31. The molecule has 1 aromatic rings. The first-order chi connectivity index (χ1) is 7.35. The zero-order valence-electron chi connectivity index (χ0n) is 9.10. The number of hydrogen-bond acceptors (Lipinski definition) is 2. The summed E-state index contributed by atoms with van der Waals surface area (Å²) in [7, 11) is 0. The summed E-state index contributed by atoms with van der Waals surface area (Å²) in [6.07, 6.45) is 1.93. The first-order valence-electron chi connectivity index (χ1n) is 5.41. The maximum absolute atomic E-state index is 5.78. The zero-order chi connectivity index (χ0) is 10.6. The molecule has 1 heterocycles. The minimum absolute atomic E-state index is 0.542. The van der Waals surface area contributed by atoms with Crippen molar-refractivity contribution in [1.82, 2.24) is 0 Å². The van der Waals surface area contributed by atoms with Crippen molar-refractivity contribution >= 4 is 6.34 Å². The normalized spacial score (nSPS) is 24.6. The fraction of sp³-hybridized carbons (Fsp3) is 0.417. The minimum atomic E-state index is 0.542. The molecule has 0 spiro atoms. The summed E-state index contributed by atoms with van der Waals surface area (Å²) in [4.78, 5) is 10.1. The molecular formula is C12H17N2O+. The Morgan fingerprint density at radius 2 is 2.13 bits per heavy atom. The molecule has 0 bridgehead atoms. The molecule has 1 unspecified atom stereocenters. The van der Waals surface area contributed by atoms with E-state index in [2.05, 4.69) is 29.3 Å². The van der Waals surface area contributed by atoms with Crippen molar-refractivity contribution < 1.29 is 9.48 Å². The van der Waals surface area contributed by atoms with E-state index in [1.54, 1.807) is 0 Å². The highest BCUT2D eigenvalue weighted by atomic mass is 16.7. The number of hydroxylamine groups is 3. The minimum Gasteiger partial charge on any atom is -0.233 e. The van der Waals surface area contributed by atoms with Crippen molar-refractivity contribution in [3.63, 3.8) is 0 Å². The molecule has 0 saturated carbocycles. The molecule has 1 aromatic carbocycles. The fourth-order valence-corrected chi connectivity index (χ4v) is 1.90. The number of benzene rings is 1. The maximum Gasteiger partial charge on any atom is 0.218 e. The Labute approximate surface area is 90.5 Å². The molecule has 15 heavy (non-hydrogen) atoms. The van der Waals surface area contributed by atoms with Gasteiger partial charge in [0.1, 0.15) is 19.7 Å². The van der Waals surface area contributed by atoms with Gasteiger partial charge in [0.15, 0.2) is 0 Å². The van der Waals surface area contributed by atoms with Gasteiger partial charge in [-0.15, -0.1) is 4.65 Å². The van der Waals surface area contributed by atoms with Crippen molar-refractivity contribution in [2.75, 3.05) is 19.7 Å². The lowest BCUT2D eigenvalue weighted by molar-refractivity contribution is -1.04. The van der Waals surface area contributed by atoms with Gasteiger partial charge in [-0.05, 0) is 6.92 Å². The second-order valence-electron chi connectivity index (χ2n) is 3.76. The number of hydrogen-bond donors (Lipinski definition) is 0. The van der Waals surface area contributed by atoms with Crippen LogP contribution in [0.2, 0.25) is 0 Å². The fourth-order valence-electron chi connectivity index (χ4n) is 1.90. The average molecular weight is 205 g/mol. The second kappa shape index (κ2) is 4.55. The van der Waals surface area contributed by atoms with E-state index in [0.29, 0.717) is 4.65 Å². The Balaban J connectivity index is 2.11. The van der Waals surface area contributed by atoms with Crippen LogP contribution in [0.4, 0.5) is 0 Å². The van der Waals surface area contributed by atoms with Gasteiger partial charge in [0.05, 0.1) is 6.54 Å². The van der Waals surface area contributed by atoms with Crippen LogP contribution >= 0.6 is 0 Å². The molecule has 0 saturated heterocycles. The summed E-state index contributed by atoms with van der Waals surface area (Å²) in [5.41, 5.74) is 1.29. The van der Waals surface area contributed by atoms with Crippen LogP contribution in [-0.2, 0) is 11.4 Å². The van der Waals surface area contributed by atoms with Gasteiger partial charge in [-0.2, -0.15) is 4.84 Å². The predicted molar refractivity (Wildman–Crippen MR) is 60.3 cm³/mol. The van der Waals surface area contributed by atoms with Crippen LogP contribution in [0.25, 0.3) is 0 Å². The van der Waals surface area contributed by atoms with Crippen molar-refractivity contribution in [3.8, 4) is 0 Å². The van der Waals surface area contributed by atoms with Gasteiger partial charge in [0.2, 0.25) is 6.34 Å². The summed E-state index contributed by atoms with van der Waals surface area (Å²) in [6, 6.07) is 10.4. The maximum atomic E-state index is 5.78. The van der Waals surface area contributed by atoms with Crippen LogP contribution in [0.15, 0.2) is 35.3 Å². The molecule has 80 valence electrons. The van der Waals surface area contributed by atoms with E-state index in [1.165, 1.54) is 5.56 Å². The van der Waals surface area contributed by atoms with Crippen LogP contribution in [0, 0.1) is 0 Å². The first kappa shape index (κ1) is 10.3. The highest BCUT2D eigenvalue weighted by molar-refractivity contribution is 5.47. The van der Waals surface area contributed by atoms with Crippen LogP contribution in [-0.4, -0.2) is 30.7 Å². The summed E-state index contributed by atoms with van der Waals surface area (Å²) in [5.74, 6) is 0. The lowest BCUT2D eigenvalue weighted by Crippen LogP contribution is -2.44. The van der Waals surface area contributed by atoms with E-state index in [-0.39, 0.29) is 0 Å². The molecular weight excluding hydrogens is 188 g/mol. The standard InChI is InChI=1S/C12H17N2O/c1-2-15-14(9-8-13-11-14)10-12-6-4-3-5-7-12/h3-7,11H,2,8-10H2,1H3/q+1. The predicted octanol–water partition coefficient (Wildman–Crippen LogP) is 2.00. The number of rotatable bonds is 4. The van der Waals surface area contributed by atoms with Gasteiger partial charge < -0.3 is 0 Å². The topological polar surface area (TPSA) is 21.6 Å². The molecule has 1 aliphatic rings. The quantitative estimate of drug-likeness (QED) is 0.689. The Bertz CT molecular complexity index is 337. The molecule has 0 N–H and O–H groups in total. The zero-order valence-corrected chi connectivity index (χ0v) is 9.10. The molecule has 0 amide bonds. The van der Waals surface area contributed by atoms with Crippen LogP contribution in [0.3, 0.4) is 0 Å². The van der Waals surface area contributed by atoms with Gasteiger partial charge in [0, 0.05) is 5.56 Å². The van der Waals surface area contributed by atoms with E-state index >= 15 is 0 Å². The van der Waals surface area contributed by atoms with Crippen LogP contribution < -0.4 is 0 Å². The first-order valence-corrected chi connectivity index (χ1v) is 5.41. The SMILES string of the molecule is CCO[N+]1(Cc2ccccc2)C=NCC1. The average Bonchev–Trinajstić information content (AvgIpc) is 2.69. The summed E-state index contributed by atoms with van der Waals surface area (Å²) in [6.45, 7) is 5.43. The molecule has 0 aliphatic carbocycles. The summed E-state index contributed by atoms with van der Waals surface area (Å²) in [5, 5.41) is 0. The van der Waals surface area contributed by atoms with Crippen LogP contribution in [0.5, 0.6) is 0 Å². The largest absolute Gasteiger partial charge is 0.233 e. The third kappa shape index (κ3) is 2.43. The van der Waals surface area contributed by atoms with Gasteiger partial charge in [-0.1, -0.05) is 30.3 Å². The van der Waals surface area contributed by atoms with E-state index in [9.17, 15) is 0 Å². The molecule has 0 radical (unpaired) electrons. The Morgan fingerprint density at radius 1 is 1.33 bits per heavy atom. The summed E-state index contributed by atoms with van der Waals surface area (Å²) >= 11 is 0. The molecule has 1 atom stereocenters. The van der Waals surface area contributed by atoms with E-state index in [4.69, 9.17) is 4.84 Å². The molecule has 0 aromatic heterocycles. The van der Waals surface area contributed by atoms with E-state index < -0.39 is 0 Å². The van der Waals surface area contributed by atoms with Crippen molar-refractivity contribution in [2.45, 2.75) is 13.5 Å². The van der Waals surface area contributed by atoms with E-state index in [1.807, 2.05) is 19.3 Å². The summed E-state index contributed by atoms with van der Waals surface area (Å²) < 4.78 is 0.542. The van der Waals surface area contributed by atoms with Crippen molar-refractivity contribution in [3.05, 3.63) is 35.9 Å². The lowest BCUT2D eigenvalue weighted by Gasteiger charge is -2.26. The molecule has 0 fully saturated rings. The third-order valence-electron chi connectivity index (χ3n) is 2.58. The molecule has 1 aliphatic heterocycles. The van der Waals surface area contributed by atoms with Crippen molar-refractivity contribution in [2.24, 2.45) is 4.99 Å². The highest BCUT2D eigenvalue weighted by Crippen LogP contribution is 2.16. The molecule has 2 rings (SSSR count). The monoisotopic (exact) mass is 205 g/mol. The number of quaternary nitrogens is 1. The van der Waals surface area contributed by atoms with Gasteiger partial charge in [-0.25, -0.2) is 4.99 Å². The smallest absolute Gasteiger partial charge is 0.218 e. The van der Waals surface area contributed by atoms with E-state index in [0.717, 1.165) is 26.2 Å². The molecule has 3 nitrogen and oxygen atoms in total. The third-order valence-corrected chi connectivity index (χ3v) is 2.58. The molecule has 3 heteroatoms. The lowest BCUT2D eigenvalue weighted by atomic mass is 10.2. The van der Waals surface area contributed by atoms with Gasteiger partial charge >= 0.3 is 0 Å². The Morgan fingerprint density at radius 3 is 2.73 bits per heavy atom. The van der Waals surface area contributed by atoms with Gasteiger partial charge in [0.25, 0.3) is 0 Å². The number of aliphatic imine (C=N–C) groups is 1.